The molecule has 2 unspecified atom stereocenters. The summed E-state index contributed by atoms with van der Waals surface area (Å²) in [7, 11) is 0. The Morgan fingerprint density at radius 3 is 2.59 bits per heavy atom. The lowest BCUT2D eigenvalue weighted by Gasteiger charge is -2.31. The van der Waals surface area contributed by atoms with Gasteiger partial charge in [-0.15, -0.1) is 0 Å². The van der Waals surface area contributed by atoms with E-state index < -0.39 is 11.5 Å². The van der Waals surface area contributed by atoms with Crippen LogP contribution in [0.3, 0.4) is 0 Å². The van der Waals surface area contributed by atoms with Crippen molar-refractivity contribution in [2.75, 3.05) is 5.32 Å². The summed E-state index contributed by atoms with van der Waals surface area (Å²) >= 11 is 0. The van der Waals surface area contributed by atoms with Crippen LogP contribution in [0.4, 0.5) is 10.1 Å². The van der Waals surface area contributed by atoms with Gasteiger partial charge in [-0.25, -0.2) is 9.18 Å². The van der Waals surface area contributed by atoms with E-state index in [4.69, 9.17) is 0 Å². The molecule has 0 radical (unpaired) electrons. The molecule has 1 aromatic carbocycles. The van der Waals surface area contributed by atoms with E-state index in [2.05, 4.69) is 5.32 Å². The first kappa shape index (κ1) is 11.9. The van der Waals surface area contributed by atoms with Gasteiger partial charge >= 0.3 is 5.97 Å². The van der Waals surface area contributed by atoms with Gasteiger partial charge in [0.1, 0.15) is 11.4 Å². The van der Waals surface area contributed by atoms with Crippen molar-refractivity contribution in [1.82, 2.24) is 0 Å². The van der Waals surface area contributed by atoms with Crippen molar-refractivity contribution < 1.29 is 14.3 Å². The minimum absolute atomic E-state index is 0.0741. The third kappa shape index (κ3) is 2.12. The van der Waals surface area contributed by atoms with E-state index in [1.54, 1.807) is 12.1 Å². The van der Waals surface area contributed by atoms with Crippen molar-refractivity contribution in [2.45, 2.75) is 31.7 Å². The fourth-order valence-corrected chi connectivity index (χ4v) is 2.53. The zero-order valence-electron chi connectivity index (χ0n) is 9.74. The van der Waals surface area contributed by atoms with Crippen LogP contribution in [-0.2, 0) is 4.79 Å². The molecule has 1 fully saturated rings. The monoisotopic (exact) mass is 237 g/mol. The number of carboxylic acids is 1. The normalized spacial score (nSPS) is 28.0. The van der Waals surface area contributed by atoms with Crippen LogP contribution >= 0.6 is 0 Å². The predicted octanol–water partition coefficient (Wildman–Crippen LogP) is 2.88. The molecule has 0 aliphatic heterocycles. The molecule has 0 spiro atoms. The highest BCUT2D eigenvalue weighted by atomic mass is 19.1. The molecule has 2 rings (SSSR count). The third-order valence-electron chi connectivity index (χ3n) is 3.64. The Morgan fingerprint density at radius 1 is 1.47 bits per heavy atom. The molecule has 1 aromatic rings. The Morgan fingerprint density at radius 2 is 2.12 bits per heavy atom. The highest BCUT2D eigenvalue weighted by molar-refractivity contribution is 5.83. The Hall–Kier alpha value is -1.58. The van der Waals surface area contributed by atoms with Crippen molar-refractivity contribution in [3.63, 3.8) is 0 Å². The van der Waals surface area contributed by atoms with Gasteiger partial charge in [0.15, 0.2) is 0 Å². The Kier molecular flexibility index (Phi) is 3.05. The number of hydrogen-bond acceptors (Lipinski definition) is 2. The van der Waals surface area contributed by atoms with Gasteiger partial charge in [-0.05, 0) is 43.0 Å². The summed E-state index contributed by atoms with van der Waals surface area (Å²) in [5.41, 5.74) is -0.250. The minimum atomic E-state index is -0.905. The summed E-state index contributed by atoms with van der Waals surface area (Å²) < 4.78 is 12.8. The molecule has 1 aliphatic rings. The van der Waals surface area contributed by atoms with Crippen molar-refractivity contribution in [3.05, 3.63) is 30.1 Å². The molecule has 1 saturated carbocycles. The van der Waals surface area contributed by atoms with Gasteiger partial charge in [0, 0.05) is 5.69 Å². The average molecular weight is 237 g/mol. The molecule has 1 aliphatic carbocycles. The van der Waals surface area contributed by atoms with E-state index in [1.165, 1.54) is 12.1 Å². The lowest BCUT2D eigenvalue weighted by molar-refractivity contribution is -0.143. The second kappa shape index (κ2) is 4.35. The number of carboxylic acid groups (broad SMARTS) is 1. The lowest BCUT2D eigenvalue weighted by Crippen LogP contribution is -2.48. The van der Waals surface area contributed by atoms with E-state index in [1.807, 2.05) is 6.92 Å². The molecule has 4 heteroatoms. The SMILES string of the molecule is CC1CCCC1(Nc1ccc(F)cc1)C(=O)O. The van der Waals surface area contributed by atoms with Gasteiger partial charge in [0.25, 0.3) is 0 Å². The molecule has 0 aromatic heterocycles. The number of rotatable bonds is 3. The molecule has 2 N–H and O–H groups in total. The first-order valence-electron chi connectivity index (χ1n) is 5.82. The third-order valence-corrected chi connectivity index (χ3v) is 3.64. The smallest absolute Gasteiger partial charge is 0.329 e. The quantitative estimate of drug-likeness (QED) is 0.849. The molecular weight excluding hydrogens is 221 g/mol. The van der Waals surface area contributed by atoms with Crippen LogP contribution in [0.25, 0.3) is 0 Å². The second-order valence-corrected chi connectivity index (χ2v) is 4.70. The molecule has 0 amide bonds. The Labute approximate surface area is 99.7 Å². The number of aliphatic carboxylic acids is 1. The zero-order valence-corrected chi connectivity index (χ0v) is 9.74. The van der Waals surface area contributed by atoms with E-state index in [0.717, 1.165) is 12.8 Å². The van der Waals surface area contributed by atoms with Gasteiger partial charge in [-0.2, -0.15) is 0 Å². The molecule has 0 bridgehead atoms. The summed E-state index contributed by atoms with van der Waals surface area (Å²) in [5, 5.41) is 12.5. The zero-order chi connectivity index (χ0) is 12.5. The highest BCUT2D eigenvalue weighted by Gasteiger charge is 2.47. The summed E-state index contributed by atoms with van der Waals surface area (Å²) in [6, 6.07) is 5.81. The van der Waals surface area contributed by atoms with Gasteiger partial charge in [0.2, 0.25) is 0 Å². The maximum absolute atomic E-state index is 12.8. The summed E-state index contributed by atoms with van der Waals surface area (Å²) in [5.74, 6) is -1.07. The molecule has 2 atom stereocenters. The fourth-order valence-electron chi connectivity index (χ4n) is 2.53. The largest absolute Gasteiger partial charge is 0.479 e. The summed E-state index contributed by atoms with van der Waals surface area (Å²) in [6.45, 7) is 1.94. The Bertz CT molecular complexity index is 418. The first-order valence-corrected chi connectivity index (χ1v) is 5.82. The predicted molar refractivity (Wildman–Crippen MR) is 63.4 cm³/mol. The lowest BCUT2D eigenvalue weighted by atomic mass is 9.88. The Balaban J connectivity index is 2.24. The van der Waals surface area contributed by atoms with Crippen LogP contribution in [0, 0.1) is 11.7 Å². The van der Waals surface area contributed by atoms with Crippen LogP contribution in [0.2, 0.25) is 0 Å². The number of carbonyl (C=O) groups is 1. The first-order chi connectivity index (χ1) is 8.04. The van der Waals surface area contributed by atoms with Gasteiger partial charge in [-0.3, -0.25) is 0 Å². The second-order valence-electron chi connectivity index (χ2n) is 4.70. The summed E-state index contributed by atoms with van der Waals surface area (Å²) in [4.78, 5) is 11.5. The van der Waals surface area contributed by atoms with Gasteiger partial charge < -0.3 is 10.4 Å². The van der Waals surface area contributed by atoms with E-state index >= 15 is 0 Å². The maximum Gasteiger partial charge on any atom is 0.329 e. The van der Waals surface area contributed by atoms with Crippen molar-refractivity contribution >= 4 is 11.7 Å². The molecule has 0 heterocycles. The topological polar surface area (TPSA) is 49.3 Å². The number of benzene rings is 1. The van der Waals surface area contributed by atoms with Crippen LogP contribution in [0.1, 0.15) is 26.2 Å². The van der Waals surface area contributed by atoms with Gasteiger partial charge in [-0.1, -0.05) is 13.3 Å². The van der Waals surface area contributed by atoms with Crippen LogP contribution in [-0.4, -0.2) is 16.6 Å². The molecule has 0 saturated heterocycles. The van der Waals surface area contributed by atoms with E-state index in [-0.39, 0.29) is 11.7 Å². The number of anilines is 1. The molecule has 17 heavy (non-hydrogen) atoms. The number of hydrogen-bond donors (Lipinski definition) is 2. The van der Waals surface area contributed by atoms with E-state index in [0.29, 0.717) is 12.1 Å². The number of halogens is 1. The molecule has 92 valence electrons. The average Bonchev–Trinajstić information content (AvgIpc) is 2.65. The maximum atomic E-state index is 12.8. The molecular formula is C13H16FNO2. The minimum Gasteiger partial charge on any atom is -0.479 e. The standard InChI is InChI=1S/C13H16FNO2/c1-9-3-2-8-13(9,12(16)17)15-11-6-4-10(14)5-7-11/h4-7,9,15H,2-3,8H2,1H3,(H,16,17). The van der Waals surface area contributed by atoms with Crippen molar-refractivity contribution in [2.24, 2.45) is 5.92 Å². The van der Waals surface area contributed by atoms with Gasteiger partial charge in [0.05, 0.1) is 0 Å². The van der Waals surface area contributed by atoms with Crippen molar-refractivity contribution in [1.29, 1.82) is 0 Å². The highest BCUT2D eigenvalue weighted by Crippen LogP contribution is 2.38. The number of nitrogens with one attached hydrogen (secondary N) is 1. The van der Waals surface area contributed by atoms with E-state index in [9.17, 15) is 14.3 Å². The van der Waals surface area contributed by atoms with Crippen LogP contribution < -0.4 is 5.32 Å². The molecule has 3 nitrogen and oxygen atoms in total. The summed E-state index contributed by atoms with van der Waals surface area (Å²) in [6.07, 6.45) is 2.42. The van der Waals surface area contributed by atoms with Crippen LogP contribution in [0.15, 0.2) is 24.3 Å². The van der Waals surface area contributed by atoms with Crippen LogP contribution in [0.5, 0.6) is 0 Å². The fraction of sp³-hybridized carbons (Fsp3) is 0.462. The van der Waals surface area contributed by atoms with Crippen molar-refractivity contribution in [3.8, 4) is 0 Å².